The number of likely N-dealkylation sites (tertiary alicyclic amines) is 1. The van der Waals surface area contributed by atoms with Crippen LogP contribution >= 0.6 is 0 Å². The number of alkyl carbamates (subject to hydrolysis) is 1. The normalized spacial score (nSPS) is 20.0. The lowest BCUT2D eigenvalue weighted by atomic mass is 9.76. The van der Waals surface area contributed by atoms with E-state index < -0.39 is 23.7 Å². The molecule has 1 aliphatic heterocycles. The van der Waals surface area contributed by atoms with Crippen LogP contribution in [0.2, 0.25) is 0 Å². The van der Waals surface area contributed by atoms with Gasteiger partial charge in [-0.2, -0.15) is 0 Å². The molecule has 0 bridgehead atoms. The van der Waals surface area contributed by atoms with Crippen molar-refractivity contribution in [2.24, 2.45) is 11.8 Å². The highest BCUT2D eigenvalue weighted by atomic mass is 16.6. The maximum atomic E-state index is 14.3. The highest BCUT2D eigenvalue weighted by Crippen LogP contribution is 2.43. The van der Waals surface area contributed by atoms with Gasteiger partial charge >= 0.3 is 12.1 Å². The lowest BCUT2D eigenvalue weighted by Crippen LogP contribution is -2.47. The van der Waals surface area contributed by atoms with Gasteiger partial charge in [-0.1, -0.05) is 38.2 Å². The van der Waals surface area contributed by atoms with E-state index in [1.54, 1.807) is 17.9 Å². The number of hydrogen-bond acceptors (Lipinski definition) is 6. The zero-order chi connectivity index (χ0) is 34.0. The van der Waals surface area contributed by atoms with Gasteiger partial charge < -0.3 is 30.0 Å². The van der Waals surface area contributed by atoms with Crippen molar-refractivity contribution in [3.8, 4) is 0 Å². The average molecular weight is 657 g/mol. The van der Waals surface area contributed by atoms with Crippen molar-refractivity contribution in [2.45, 2.75) is 103 Å². The lowest BCUT2D eigenvalue weighted by molar-refractivity contribution is -0.121. The number of H-pyrrole nitrogens is 1. The molecule has 10 heteroatoms. The van der Waals surface area contributed by atoms with Crippen LogP contribution in [0, 0.1) is 11.8 Å². The van der Waals surface area contributed by atoms with Crippen LogP contribution in [0.3, 0.4) is 0 Å². The number of aromatic amines is 1. The summed E-state index contributed by atoms with van der Waals surface area (Å²) in [6, 6.07) is 12.4. The first-order valence-electron chi connectivity index (χ1n) is 17.5. The predicted octanol–water partition coefficient (Wildman–Crippen LogP) is 7.30. The number of fused-ring (bicyclic) bond motifs is 1. The van der Waals surface area contributed by atoms with E-state index in [0.29, 0.717) is 41.9 Å². The lowest BCUT2D eigenvalue weighted by Gasteiger charge is -2.33. The van der Waals surface area contributed by atoms with Gasteiger partial charge in [-0.3, -0.25) is 9.59 Å². The Hall–Kier alpha value is -4.34. The maximum absolute atomic E-state index is 14.3. The third-order valence-corrected chi connectivity index (χ3v) is 9.85. The summed E-state index contributed by atoms with van der Waals surface area (Å²) in [6.07, 6.45) is 8.08. The van der Waals surface area contributed by atoms with Gasteiger partial charge in [0.1, 0.15) is 17.3 Å². The van der Waals surface area contributed by atoms with Crippen LogP contribution < -0.4 is 10.6 Å². The summed E-state index contributed by atoms with van der Waals surface area (Å²) in [5.74, 6) is 0.0934. The molecule has 10 nitrogen and oxygen atoms in total. The Morgan fingerprint density at radius 1 is 0.938 bits per heavy atom. The number of ether oxygens (including phenoxy) is 2. The fourth-order valence-electron chi connectivity index (χ4n) is 7.49. The standard InChI is InChI=1S/C38H48N4O6/c1-5-47-36(45)32-21-27-19-28(15-16-31(27)41-32)40-34(43)33-29(23-9-7-6-8-10-23)17-18-42(33)35(44)25-13-14-26(30(20-25)24-11-12-24)22-39-37(46)48-38(2,3)4/h13-16,19-21,23-24,29,33,41H,5-12,17-18,22H2,1-4H3,(H,39,46)(H,40,43)/t29-,33-/m0/s1. The van der Waals surface area contributed by atoms with E-state index >= 15 is 0 Å². The molecule has 3 aromatic rings. The summed E-state index contributed by atoms with van der Waals surface area (Å²) in [6.45, 7) is 8.38. The fourth-order valence-corrected chi connectivity index (χ4v) is 7.49. The predicted molar refractivity (Wildman–Crippen MR) is 184 cm³/mol. The second kappa shape index (κ2) is 14.0. The molecule has 3 aliphatic rings. The molecule has 2 atom stereocenters. The Labute approximate surface area is 282 Å². The summed E-state index contributed by atoms with van der Waals surface area (Å²) in [5.41, 5.74) is 3.77. The van der Waals surface area contributed by atoms with Crippen molar-refractivity contribution >= 4 is 40.5 Å². The number of esters is 1. The van der Waals surface area contributed by atoms with Crippen LogP contribution in [0.15, 0.2) is 42.5 Å². The topological polar surface area (TPSA) is 130 Å². The molecule has 0 radical (unpaired) electrons. The molecule has 3 amide bonds. The van der Waals surface area contributed by atoms with Gasteiger partial charge in [0.15, 0.2) is 0 Å². The molecule has 2 saturated carbocycles. The highest BCUT2D eigenvalue weighted by molar-refractivity contribution is 6.03. The van der Waals surface area contributed by atoms with Crippen LogP contribution in [0.5, 0.6) is 0 Å². The van der Waals surface area contributed by atoms with Gasteiger partial charge in [0, 0.05) is 35.2 Å². The molecule has 48 heavy (non-hydrogen) atoms. The van der Waals surface area contributed by atoms with Crippen molar-refractivity contribution in [3.05, 3.63) is 64.8 Å². The molecule has 3 fully saturated rings. The molecular weight excluding hydrogens is 608 g/mol. The quantitative estimate of drug-likeness (QED) is 0.207. The van der Waals surface area contributed by atoms with E-state index in [1.165, 1.54) is 6.42 Å². The Bertz CT molecular complexity index is 1680. The number of carbonyl (C=O) groups excluding carboxylic acids is 4. The number of rotatable bonds is 9. The van der Waals surface area contributed by atoms with E-state index in [1.807, 2.05) is 57.2 Å². The van der Waals surface area contributed by atoms with E-state index in [9.17, 15) is 19.2 Å². The van der Waals surface area contributed by atoms with Gasteiger partial charge in [0.2, 0.25) is 5.91 Å². The molecule has 6 rings (SSSR count). The van der Waals surface area contributed by atoms with Crippen molar-refractivity contribution in [1.82, 2.24) is 15.2 Å². The first-order valence-corrected chi connectivity index (χ1v) is 17.5. The first kappa shape index (κ1) is 33.6. The van der Waals surface area contributed by atoms with Gasteiger partial charge in [0.25, 0.3) is 5.91 Å². The zero-order valence-electron chi connectivity index (χ0n) is 28.5. The van der Waals surface area contributed by atoms with Crippen LogP contribution in [-0.4, -0.2) is 58.6 Å². The van der Waals surface area contributed by atoms with Crippen molar-refractivity contribution in [3.63, 3.8) is 0 Å². The zero-order valence-corrected chi connectivity index (χ0v) is 28.5. The van der Waals surface area contributed by atoms with Crippen LogP contribution in [0.25, 0.3) is 10.9 Å². The number of aromatic nitrogens is 1. The van der Waals surface area contributed by atoms with Crippen molar-refractivity contribution < 1.29 is 28.7 Å². The van der Waals surface area contributed by atoms with E-state index in [0.717, 1.165) is 67.0 Å². The van der Waals surface area contributed by atoms with Crippen LogP contribution in [0.4, 0.5) is 10.5 Å². The minimum atomic E-state index is -0.587. The molecular formula is C38H48N4O6. The van der Waals surface area contributed by atoms with E-state index in [-0.39, 0.29) is 24.3 Å². The maximum Gasteiger partial charge on any atom is 0.407 e. The number of nitrogens with zero attached hydrogens (tertiary/aromatic N) is 1. The number of benzene rings is 2. The second-order valence-corrected chi connectivity index (χ2v) is 14.5. The Balaban J connectivity index is 1.22. The highest BCUT2D eigenvalue weighted by Gasteiger charge is 2.45. The van der Waals surface area contributed by atoms with Crippen molar-refractivity contribution in [2.75, 3.05) is 18.5 Å². The van der Waals surface area contributed by atoms with Crippen LogP contribution in [-0.2, 0) is 20.8 Å². The fraction of sp³-hybridized carbons (Fsp3) is 0.526. The smallest absolute Gasteiger partial charge is 0.407 e. The van der Waals surface area contributed by atoms with Gasteiger partial charge in [-0.25, -0.2) is 9.59 Å². The molecule has 256 valence electrons. The van der Waals surface area contributed by atoms with Gasteiger partial charge in [-0.05, 0) is 112 Å². The molecule has 1 aromatic heterocycles. The summed E-state index contributed by atoms with van der Waals surface area (Å²) < 4.78 is 10.5. The minimum absolute atomic E-state index is 0.0841. The number of nitrogens with one attached hydrogen (secondary N) is 3. The summed E-state index contributed by atoms with van der Waals surface area (Å²) >= 11 is 0. The van der Waals surface area contributed by atoms with Crippen molar-refractivity contribution in [1.29, 1.82) is 0 Å². The second-order valence-electron chi connectivity index (χ2n) is 14.5. The molecule has 0 spiro atoms. The number of carbonyl (C=O) groups is 4. The molecule has 0 unspecified atom stereocenters. The average Bonchev–Trinajstić information content (AvgIpc) is 3.66. The summed E-state index contributed by atoms with van der Waals surface area (Å²) in [5, 5.41) is 6.77. The number of hydrogen-bond donors (Lipinski definition) is 3. The molecule has 2 aromatic carbocycles. The van der Waals surface area contributed by atoms with Gasteiger partial charge in [-0.15, -0.1) is 0 Å². The third kappa shape index (κ3) is 7.69. The summed E-state index contributed by atoms with van der Waals surface area (Å²) in [7, 11) is 0. The molecule has 1 saturated heterocycles. The third-order valence-electron chi connectivity index (χ3n) is 9.85. The monoisotopic (exact) mass is 656 g/mol. The van der Waals surface area contributed by atoms with E-state index in [4.69, 9.17) is 9.47 Å². The first-order chi connectivity index (χ1) is 23.0. The summed E-state index contributed by atoms with van der Waals surface area (Å²) in [4.78, 5) is 57.9. The van der Waals surface area contributed by atoms with Gasteiger partial charge in [0.05, 0.1) is 6.61 Å². The Kier molecular flexibility index (Phi) is 9.80. The molecule has 2 aliphatic carbocycles. The molecule has 2 heterocycles. The Morgan fingerprint density at radius 2 is 1.71 bits per heavy atom. The SMILES string of the molecule is CCOC(=O)c1cc2cc(NC(=O)[C@@H]3[C@H](C4CCCCC4)CCN3C(=O)c3ccc(CNC(=O)OC(C)(C)C)c(C4CC4)c3)ccc2[nH]1. The number of amides is 3. The Morgan fingerprint density at radius 3 is 2.42 bits per heavy atom. The molecule has 3 N–H and O–H groups in total. The van der Waals surface area contributed by atoms with Crippen LogP contribution in [0.1, 0.15) is 117 Å². The largest absolute Gasteiger partial charge is 0.461 e. The van der Waals surface area contributed by atoms with E-state index in [2.05, 4.69) is 15.6 Å². The number of anilines is 1. The minimum Gasteiger partial charge on any atom is -0.461 e.